The topological polar surface area (TPSA) is 97.2 Å². The Bertz CT molecular complexity index is 800. The number of aromatic nitrogens is 3. The van der Waals surface area contributed by atoms with Gasteiger partial charge in [-0.15, -0.1) is 10.2 Å². The van der Waals surface area contributed by atoms with Crippen molar-refractivity contribution < 1.29 is 14.4 Å². The first-order valence-electron chi connectivity index (χ1n) is 10.3. The van der Waals surface area contributed by atoms with Crippen molar-refractivity contribution in [3.8, 4) is 0 Å². The molecule has 8 nitrogen and oxygen atoms in total. The number of amides is 3. The molecule has 0 fully saturated rings. The van der Waals surface area contributed by atoms with Gasteiger partial charge in [0.2, 0.25) is 5.91 Å². The normalized spacial score (nSPS) is 13.0. The first kappa shape index (κ1) is 20.7. The van der Waals surface area contributed by atoms with Gasteiger partial charge in [-0.1, -0.05) is 50.7 Å². The van der Waals surface area contributed by atoms with Crippen molar-refractivity contribution in [3.63, 3.8) is 0 Å². The predicted octanol–water partition coefficient (Wildman–Crippen LogP) is 3.16. The molecule has 0 unspecified atom stereocenters. The maximum atomic E-state index is 12.3. The van der Waals surface area contributed by atoms with Crippen LogP contribution in [0.4, 0.5) is 0 Å². The zero-order valence-corrected chi connectivity index (χ0v) is 16.5. The van der Waals surface area contributed by atoms with E-state index in [0.29, 0.717) is 24.1 Å². The van der Waals surface area contributed by atoms with Crippen LogP contribution in [0, 0.1) is 0 Å². The van der Waals surface area contributed by atoms with E-state index in [2.05, 4.69) is 15.6 Å². The van der Waals surface area contributed by atoms with Crippen LogP contribution in [0.25, 0.3) is 0 Å². The minimum atomic E-state index is -0.168. The molecule has 29 heavy (non-hydrogen) atoms. The van der Waals surface area contributed by atoms with Crippen molar-refractivity contribution in [3.05, 3.63) is 48.0 Å². The molecule has 2 aromatic rings. The minimum Gasteiger partial charge on any atom is -0.274 e. The fourth-order valence-electron chi connectivity index (χ4n) is 3.52. The van der Waals surface area contributed by atoms with Gasteiger partial charge in [0.25, 0.3) is 11.8 Å². The molecule has 1 N–H and O–H groups in total. The number of carbonyl (C=O) groups excluding carboxylic acids is 3. The summed E-state index contributed by atoms with van der Waals surface area (Å²) in [6.45, 7) is 0.494. The quantitative estimate of drug-likeness (QED) is 0.438. The van der Waals surface area contributed by atoms with Crippen LogP contribution in [-0.4, -0.2) is 44.0 Å². The zero-order chi connectivity index (χ0) is 20.5. The van der Waals surface area contributed by atoms with Crippen molar-refractivity contribution in [1.29, 1.82) is 0 Å². The molecule has 1 aromatic carbocycles. The summed E-state index contributed by atoms with van der Waals surface area (Å²) in [7, 11) is 0. The van der Waals surface area contributed by atoms with E-state index in [9.17, 15) is 14.4 Å². The number of imide groups is 1. The maximum Gasteiger partial charge on any atom is 0.261 e. The molecule has 154 valence electrons. The lowest BCUT2D eigenvalue weighted by molar-refractivity contribution is -0.117. The summed E-state index contributed by atoms with van der Waals surface area (Å²) in [5.74, 6) is -0.365. The first-order valence-corrected chi connectivity index (χ1v) is 10.3. The van der Waals surface area contributed by atoms with Gasteiger partial charge in [0, 0.05) is 13.0 Å². The number of benzene rings is 1. The second-order valence-electron chi connectivity index (χ2n) is 7.29. The van der Waals surface area contributed by atoms with Gasteiger partial charge in [0.1, 0.15) is 12.7 Å². The fraction of sp³-hybridized carbons (Fsp3) is 0.476. The number of hydrogen-bond donors (Lipinski definition) is 1. The second kappa shape index (κ2) is 10.5. The van der Waals surface area contributed by atoms with Crippen LogP contribution >= 0.6 is 0 Å². The molecule has 8 heteroatoms. The monoisotopic (exact) mass is 397 g/mol. The zero-order valence-electron chi connectivity index (χ0n) is 16.5. The third kappa shape index (κ3) is 5.73. The highest BCUT2D eigenvalue weighted by molar-refractivity contribution is 6.21. The Hall–Kier alpha value is -3.03. The van der Waals surface area contributed by atoms with Crippen LogP contribution in [0.1, 0.15) is 78.5 Å². The van der Waals surface area contributed by atoms with Gasteiger partial charge in [0.15, 0.2) is 0 Å². The van der Waals surface area contributed by atoms with Gasteiger partial charge in [-0.25, -0.2) is 4.68 Å². The predicted molar refractivity (Wildman–Crippen MR) is 108 cm³/mol. The molecule has 3 rings (SSSR count). The highest BCUT2D eigenvalue weighted by Gasteiger charge is 2.34. The summed E-state index contributed by atoms with van der Waals surface area (Å²) in [4.78, 5) is 37.6. The molecule has 0 bridgehead atoms. The van der Waals surface area contributed by atoms with Crippen LogP contribution in [0.15, 0.2) is 36.9 Å². The van der Waals surface area contributed by atoms with Crippen molar-refractivity contribution in [2.24, 2.45) is 0 Å². The highest BCUT2D eigenvalue weighted by atomic mass is 16.2. The Morgan fingerprint density at radius 1 is 0.793 bits per heavy atom. The molecule has 2 heterocycles. The van der Waals surface area contributed by atoms with Crippen LogP contribution < -0.4 is 5.43 Å². The number of hydrogen-bond acceptors (Lipinski definition) is 5. The number of rotatable bonds is 12. The van der Waals surface area contributed by atoms with Crippen molar-refractivity contribution in [2.45, 2.75) is 57.8 Å². The van der Waals surface area contributed by atoms with Crippen molar-refractivity contribution in [1.82, 2.24) is 19.8 Å². The van der Waals surface area contributed by atoms with Gasteiger partial charge in [0.05, 0.1) is 11.1 Å². The van der Waals surface area contributed by atoms with E-state index < -0.39 is 0 Å². The standard InChI is InChI=1S/C21H27N5O3/c27-19(24-25-15-22-23-16-25)13-7-5-3-1-2-4-6-10-14-26-20(28)17-11-8-9-12-18(17)21(26)29/h8-9,11-12,15-16H,1-7,10,13-14H2,(H,24,27). The smallest absolute Gasteiger partial charge is 0.261 e. The van der Waals surface area contributed by atoms with E-state index in [1.54, 1.807) is 24.3 Å². The summed E-state index contributed by atoms with van der Waals surface area (Å²) < 4.78 is 1.45. The third-order valence-corrected chi connectivity index (χ3v) is 5.09. The third-order valence-electron chi connectivity index (χ3n) is 5.09. The summed E-state index contributed by atoms with van der Waals surface area (Å²) in [6.07, 6.45) is 11.6. The number of nitrogens with one attached hydrogen (secondary N) is 1. The van der Waals surface area contributed by atoms with Gasteiger partial charge in [-0.3, -0.25) is 24.7 Å². The van der Waals surface area contributed by atoms with Gasteiger partial charge >= 0.3 is 0 Å². The van der Waals surface area contributed by atoms with Crippen LogP contribution in [0.5, 0.6) is 0 Å². The van der Waals surface area contributed by atoms with Crippen molar-refractivity contribution >= 4 is 17.7 Å². The summed E-state index contributed by atoms with van der Waals surface area (Å²) in [5, 5.41) is 7.26. The average molecular weight is 397 g/mol. The van der Waals surface area contributed by atoms with Crippen LogP contribution in [-0.2, 0) is 4.79 Å². The molecule has 0 atom stereocenters. The average Bonchev–Trinajstić information content (AvgIpc) is 3.31. The Morgan fingerprint density at radius 3 is 1.90 bits per heavy atom. The Kier molecular flexibility index (Phi) is 7.49. The number of carbonyl (C=O) groups is 3. The molecule has 3 amide bonds. The molecule has 0 saturated heterocycles. The maximum absolute atomic E-state index is 12.3. The number of nitrogens with zero attached hydrogens (tertiary/aromatic N) is 4. The second-order valence-corrected chi connectivity index (χ2v) is 7.29. The molecule has 0 radical (unpaired) electrons. The first-order chi connectivity index (χ1) is 14.2. The van der Waals surface area contributed by atoms with Crippen LogP contribution in [0.2, 0.25) is 0 Å². The van der Waals surface area contributed by atoms with Gasteiger partial charge in [-0.2, -0.15) is 0 Å². The van der Waals surface area contributed by atoms with Gasteiger partial charge < -0.3 is 0 Å². The lowest BCUT2D eigenvalue weighted by Gasteiger charge is -2.13. The molecule has 1 aliphatic rings. The molecular formula is C21H27N5O3. The lowest BCUT2D eigenvalue weighted by atomic mass is 10.1. The molecular weight excluding hydrogens is 370 g/mol. The Morgan fingerprint density at radius 2 is 1.31 bits per heavy atom. The molecule has 0 spiro atoms. The highest BCUT2D eigenvalue weighted by Crippen LogP contribution is 2.23. The summed E-state index contributed by atoms with van der Waals surface area (Å²) in [6, 6.07) is 7.01. The summed E-state index contributed by atoms with van der Waals surface area (Å²) >= 11 is 0. The van der Waals surface area contributed by atoms with E-state index in [0.717, 1.165) is 51.4 Å². The molecule has 1 aliphatic heterocycles. The van der Waals surface area contributed by atoms with E-state index in [1.165, 1.54) is 22.2 Å². The molecule has 1 aromatic heterocycles. The lowest BCUT2D eigenvalue weighted by Crippen LogP contribution is -2.30. The molecule has 0 aliphatic carbocycles. The van der Waals surface area contributed by atoms with E-state index in [4.69, 9.17) is 0 Å². The van der Waals surface area contributed by atoms with E-state index >= 15 is 0 Å². The largest absolute Gasteiger partial charge is 0.274 e. The number of unbranched alkanes of at least 4 members (excludes halogenated alkanes) is 7. The Balaban J connectivity index is 1.18. The molecule has 0 saturated carbocycles. The summed E-state index contributed by atoms with van der Waals surface area (Å²) in [5.41, 5.74) is 3.73. The van der Waals surface area contributed by atoms with Gasteiger partial charge in [-0.05, 0) is 25.0 Å². The SMILES string of the molecule is O=C(CCCCCCCCCCN1C(=O)c2ccccc2C1=O)Nn1cnnc1. The minimum absolute atomic E-state index is 0.0297. The van der Waals surface area contributed by atoms with Crippen molar-refractivity contribution in [2.75, 3.05) is 12.0 Å². The van der Waals surface area contributed by atoms with E-state index in [1.807, 2.05) is 0 Å². The van der Waals surface area contributed by atoms with Crippen LogP contribution in [0.3, 0.4) is 0 Å². The Labute approximate surface area is 170 Å². The number of fused-ring (bicyclic) bond motifs is 1. The fourth-order valence-corrected chi connectivity index (χ4v) is 3.52. The van der Waals surface area contributed by atoms with E-state index in [-0.39, 0.29) is 17.7 Å².